The Balaban J connectivity index is 2.17. The van der Waals surface area contributed by atoms with Crippen LogP contribution in [0.2, 0.25) is 0 Å². The largest absolute Gasteiger partial charge is 0.370 e. The first-order chi connectivity index (χ1) is 10.1. The average Bonchev–Trinajstić information content (AvgIpc) is 2.47. The summed E-state index contributed by atoms with van der Waals surface area (Å²) in [7, 11) is 0. The molecule has 1 heterocycles. The zero-order valence-electron chi connectivity index (χ0n) is 13.8. The van der Waals surface area contributed by atoms with Crippen molar-refractivity contribution in [2.75, 3.05) is 0 Å². The highest BCUT2D eigenvalue weighted by Crippen LogP contribution is 2.40. The molecule has 1 aromatic carbocycles. The lowest BCUT2D eigenvalue weighted by molar-refractivity contribution is -0.0673. The maximum atomic E-state index is 6.28. The molecular formula is C20H28O. The molecule has 0 N–H and O–H groups in total. The van der Waals surface area contributed by atoms with E-state index in [-0.39, 0.29) is 6.10 Å². The second kappa shape index (κ2) is 7.61. The van der Waals surface area contributed by atoms with Gasteiger partial charge in [-0.15, -0.1) is 0 Å². The molecule has 2 rings (SSSR count). The molecule has 1 fully saturated rings. The van der Waals surface area contributed by atoms with Gasteiger partial charge >= 0.3 is 0 Å². The minimum Gasteiger partial charge on any atom is -0.370 e. The van der Waals surface area contributed by atoms with Crippen molar-refractivity contribution in [3.8, 4) is 0 Å². The normalized spacial score (nSPS) is 26.5. The summed E-state index contributed by atoms with van der Waals surface area (Å²) in [5, 5.41) is 0. The van der Waals surface area contributed by atoms with Crippen LogP contribution in [0.3, 0.4) is 0 Å². The van der Waals surface area contributed by atoms with Crippen LogP contribution in [-0.4, -0.2) is 6.10 Å². The van der Waals surface area contributed by atoms with Crippen LogP contribution < -0.4 is 0 Å². The second-order valence-electron chi connectivity index (χ2n) is 6.43. The summed E-state index contributed by atoms with van der Waals surface area (Å²) in [6.07, 6.45) is 8.62. The minimum absolute atomic E-state index is 0.206. The van der Waals surface area contributed by atoms with Gasteiger partial charge in [-0.2, -0.15) is 0 Å². The fraction of sp³-hybridized carbons (Fsp3) is 0.500. The molecule has 0 aromatic heterocycles. The number of hydrogen-bond donors (Lipinski definition) is 0. The van der Waals surface area contributed by atoms with Gasteiger partial charge in [0.1, 0.15) is 0 Å². The lowest BCUT2D eigenvalue weighted by Crippen LogP contribution is -2.28. The Labute approximate surface area is 129 Å². The summed E-state index contributed by atoms with van der Waals surface area (Å²) < 4.78 is 6.28. The van der Waals surface area contributed by atoms with E-state index in [0.29, 0.717) is 12.0 Å². The van der Waals surface area contributed by atoms with Gasteiger partial charge in [0, 0.05) is 5.92 Å². The summed E-state index contributed by atoms with van der Waals surface area (Å²) >= 11 is 0. The monoisotopic (exact) mass is 284 g/mol. The van der Waals surface area contributed by atoms with Crippen LogP contribution in [0, 0.1) is 5.92 Å². The predicted octanol–water partition coefficient (Wildman–Crippen LogP) is 5.85. The fourth-order valence-corrected chi connectivity index (χ4v) is 3.03. The van der Waals surface area contributed by atoms with Crippen molar-refractivity contribution < 1.29 is 4.74 Å². The van der Waals surface area contributed by atoms with Gasteiger partial charge in [-0.3, -0.25) is 0 Å². The van der Waals surface area contributed by atoms with E-state index < -0.39 is 0 Å². The van der Waals surface area contributed by atoms with Crippen LogP contribution in [0.5, 0.6) is 0 Å². The summed E-state index contributed by atoms with van der Waals surface area (Å²) in [6, 6.07) is 10.7. The van der Waals surface area contributed by atoms with Gasteiger partial charge in [-0.25, -0.2) is 0 Å². The Morgan fingerprint density at radius 2 is 1.81 bits per heavy atom. The topological polar surface area (TPSA) is 9.23 Å². The molecule has 1 heteroatoms. The maximum Gasteiger partial charge on any atom is 0.0893 e. The second-order valence-corrected chi connectivity index (χ2v) is 6.43. The summed E-state index contributed by atoms with van der Waals surface area (Å²) in [5.41, 5.74) is 4.16. The van der Waals surface area contributed by atoms with Gasteiger partial charge in [0.25, 0.3) is 0 Å². The van der Waals surface area contributed by atoms with Crippen molar-refractivity contribution in [1.29, 1.82) is 0 Å². The third-order valence-electron chi connectivity index (χ3n) is 4.31. The zero-order valence-corrected chi connectivity index (χ0v) is 13.8. The van der Waals surface area contributed by atoms with Crippen LogP contribution in [-0.2, 0) is 4.74 Å². The van der Waals surface area contributed by atoms with E-state index in [1.165, 1.54) is 23.1 Å². The van der Waals surface area contributed by atoms with Crippen LogP contribution in [0.25, 0.3) is 0 Å². The number of ether oxygens (including phenoxy) is 1. The standard InChI is InChI=1S/C20H28O/c1-15(2)9-8-10-16(3)19-14-13-17(4)21-20(19)18-11-6-5-7-12-18/h5-7,9-12,17,19-20H,8,13-14H2,1-4H3/b16-10-/t17-,19+,20+/m1/s1. The number of allylic oxidation sites excluding steroid dienone is 3. The Morgan fingerprint density at radius 3 is 2.48 bits per heavy atom. The van der Waals surface area contributed by atoms with Crippen LogP contribution in [0.15, 0.2) is 53.6 Å². The third kappa shape index (κ3) is 4.57. The van der Waals surface area contributed by atoms with E-state index in [1.54, 1.807) is 0 Å². The fourth-order valence-electron chi connectivity index (χ4n) is 3.03. The van der Waals surface area contributed by atoms with E-state index >= 15 is 0 Å². The highest BCUT2D eigenvalue weighted by Gasteiger charge is 2.31. The van der Waals surface area contributed by atoms with E-state index in [4.69, 9.17) is 4.74 Å². The first kappa shape index (κ1) is 16.0. The summed E-state index contributed by atoms with van der Waals surface area (Å²) in [4.78, 5) is 0. The molecule has 1 aliphatic rings. The minimum atomic E-state index is 0.206. The highest BCUT2D eigenvalue weighted by molar-refractivity contribution is 5.23. The SMILES string of the molecule is CC(C)=CC/C=C(/C)[C@@H]1CC[C@@H](C)O[C@H]1c1ccccc1. The van der Waals surface area contributed by atoms with Gasteiger partial charge in [-0.1, -0.05) is 53.6 Å². The van der Waals surface area contributed by atoms with E-state index in [0.717, 1.165) is 12.8 Å². The molecule has 0 bridgehead atoms. The first-order valence-electron chi connectivity index (χ1n) is 8.08. The quantitative estimate of drug-likeness (QED) is 0.631. The van der Waals surface area contributed by atoms with Crippen molar-refractivity contribution in [2.45, 2.75) is 59.2 Å². The molecule has 1 aromatic rings. The number of hydrogen-bond acceptors (Lipinski definition) is 1. The Bertz CT molecular complexity index is 494. The van der Waals surface area contributed by atoms with Crippen LogP contribution in [0.1, 0.15) is 58.6 Å². The molecule has 1 nitrogen and oxygen atoms in total. The van der Waals surface area contributed by atoms with E-state index in [9.17, 15) is 0 Å². The summed E-state index contributed by atoms with van der Waals surface area (Å²) in [6.45, 7) is 8.76. The zero-order chi connectivity index (χ0) is 15.2. The van der Waals surface area contributed by atoms with Gasteiger partial charge < -0.3 is 4.74 Å². The molecule has 0 unspecified atom stereocenters. The molecule has 0 aliphatic carbocycles. The molecule has 114 valence electrons. The number of benzene rings is 1. The Kier molecular flexibility index (Phi) is 5.81. The molecule has 0 radical (unpaired) electrons. The van der Waals surface area contributed by atoms with Crippen molar-refractivity contribution in [2.24, 2.45) is 5.92 Å². The Hall–Kier alpha value is -1.34. The van der Waals surface area contributed by atoms with Crippen LogP contribution >= 0.6 is 0 Å². The molecule has 0 spiro atoms. The van der Waals surface area contributed by atoms with Gasteiger partial charge in [0.15, 0.2) is 0 Å². The average molecular weight is 284 g/mol. The first-order valence-corrected chi connectivity index (χ1v) is 8.08. The van der Waals surface area contributed by atoms with E-state index in [1.807, 2.05) is 0 Å². The van der Waals surface area contributed by atoms with E-state index in [2.05, 4.69) is 70.2 Å². The molecular weight excluding hydrogens is 256 g/mol. The smallest absolute Gasteiger partial charge is 0.0893 e. The third-order valence-corrected chi connectivity index (χ3v) is 4.31. The molecule has 3 atom stereocenters. The van der Waals surface area contributed by atoms with Crippen molar-refractivity contribution in [1.82, 2.24) is 0 Å². The van der Waals surface area contributed by atoms with Gasteiger partial charge in [0.05, 0.1) is 12.2 Å². The van der Waals surface area contributed by atoms with Crippen molar-refractivity contribution in [3.05, 3.63) is 59.2 Å². The molecule has 0 saturated carbocycles. The summed E-state index contributed by atoms with van der Waals surface area (Å²) in [5.74, 6) is 0.508. The van der Waals surface area contributed by atoms with Crippen molar-refractivity contribution >= 4 is 0 Å². The number of rotatable bonds is 4. The Morgan fingerprint density at radius 1 is 1.10 bits per heavy atom. The lowest BCUT2D eigenvalue weighted by Gasteiger charge is -2.36. The molecule has 0 amide bonds. The predicted molar refractivity (Wildman–Crippen MR) is 90.3 cm³/mol. The molecule has 1 saturated heterocycles. The maximum absolute atomic E-state index is 6.28. The molecule has 1 aliphatic heterocycles. The van der Waals surface area contributed by atoms with Gasteiger partial charge in [0.2, 0.25) is 0 Å². The molecule has 21 heavy (non-hydrogen) atoms. The van der Waals surface area contributed by atoms with Gasteiger partial charge in [-0.05, 0) is 52.5 Å². The lowest BCUT2D eigenvalue weighted by atomic mass is 9.82. The van der Waals surface area contributed by atoms with Crippen LogP contribution in [0.4, 0.5) is 0 Å². The highest BCUT2D eigenvalue weighted by atomic mass is 16.5. The van der Waals surface area contributed by atoms with Crippen molar-refractivity contribution in [3.63, 3.8) is 0 Å².